The molecule has 0 saturated carbocycles. The number of benzene rings is 1. The molecule has 0 aromatic heterocycles. The summed E-state index contributed by atoms with van der Waals surface area (Å²) < 4.78 is 48.9. The summed E-state index contributed by atoms with van der Waals surface area (Å²) in [4.78, 5) is 49.0. The maximum atomic E-state index is 12.8. The minimum absolute atomic E-state index is 0.000179. The van der Waals surface area contributed by atoms with Crippen molar-refractivity contribution in [1.29, 1.82) is 0 Å². The third-order valence-electron chi connectivity index (χ3n) is 10.6. The molecule has 1 aromatic carbocycles. The van der Waals surface area contributed by atoms with Crippen molar-refractivity contribution in [2.75, 3.05) is 51.3 Å². The molecule has 18 nitrogen and oxygen atoms in total. The zero-order valence-electron chi connectivity index (χ0n) is 41.4. The standard InChI is InChI=1S/C25H38N2O10.C21H44N2O4S/c1-24(2,3)23(34)35-12-13-7-8-15(14(11-13)27-16(28)9-10-26-25(4,5)6)36-22-19(31)17(29)18(30)20(37-22)21(32)33;1-20(2,3)13-10-9-12-18(21(4,5)6)19(24)22-14-16-23(7,8)15-11-17-28(25,26)27/h7-8,11,17-20,22,26,29-31H,9-10,12H2,1-6H3,(H,27,28)(H,32,33);18H,9-17H2,1-8H3,(H-,22,24,25,26,27)/t17-,18-,19+,20-,22+;18-/m00/s1. The number of hydrogen-bond donors (Lipinski definition) is 7. The number of amides is 2. The number of rotatable bonds is 21. The van der Waals surface area contributed by atoms with E-state index in [0.29, 0.717) is 48.1 Å². The van der Waals surface area contributed by atoms with Gasteiger partial charge in [0, 0.05) is 36.6 Å². The molecule has 19 heteroatoms. The number of nitrogens with zero attached hydrogens (tertiary/aromatic N) is 1. The lowest BCUT2D eigenvalue weighted by Gasteiger charge is -2.38. The molecule has 1 fully saturated rings. The maximum absolute atomic E-state index is 12.8. The van der Waals surface area contributed by atoms with E-state index in [2.05, 4.69) is 57.5 Å². The Morgan fingerprint density at radius 3 is 2.00 bits per heavy atom. The van der Waals surface area contributed by atoms with E-state index in [4.69, 9.17) is 14.2 Å². The monoisotopic (exact) mass is 947 g/mol. The van der Waals surface area contributed by atoms with Gasteiger partial charge in [-0.1, -0.05) is 60.5 Å². The van der Waals surface area contributed by atoms with E-state index in [1.165, 1.54) is 12.1 Å². The summed E-state index contributed by atoms with van der Waals surface area (Å²) in [6.45, 7) is 26.3. The number of unbranched alkanes of at least 4 members (excludes halogenated alkanes) is 1. The largest absolute Gasteiger partial charge is 0.748 e. The Hall–Kier alpha value is -3.43. The molecule has 376 valence electrons. The fourth-order valence-corrected chi connectivity index (χ4v) is 7.10. The molecular formula is C46H82N4O14S. The molecule has 65 heavy (non-hydrogen) atoms. The number of ether oxygens (including phenoxy) is 3. The number of carbonyl (C=O) groups is 4. The third kappa shape index (κ3) is 24.2. The Labute approximate surface area is 387 Å². The van der Waals surface area contributed by atoms with Crippen LogP contribution in [0.4, 0.5) is 5.69 Å². The van der Waals surface area contributed by atoms with E-state index >= 15 is 0 Å². The van der Waals surface area contributed by atoms with Crippen LogP contribution in [0.1, 0.15) is 127 Å². The number of carbonyl (C=O) groups excluding carboxylic acids is 3. The molecule has 0 spiro atoms. The van der Waals surface area contributed by atoms with Crippen molar-refractivity contribution in [1.82, 2.24) is 10.6 Å². The molecule has 6 atom stereocenters. The van der Waals surface area contributed by atoms with Crippen molar-refractivity contribution in [3.05, 3.63) is 23.8 Å². The van der Waals surface area contributed by atoms with E-state index < -0.39 is 58.2 Å². The van der Waals surface area contributed by atoms with Gasteiger partial charge in [0.15, 0.2) is 6.10 Å². The summed E-state index contributed by atoms with van der Waals surface area (Å²) >= 11 is 0. The predicted molar refractivity (Wildman–Crippen MR) is 247 cm³/mol. The molecule has 0 unspecified atom stereocenters. The van der Waals surface area contributed by atoms with Crippen LogP contribution >= 0.6 is 0 Å². The maximum Gasteiger partial charge on any atom is 0.335 e. The number of aliphatic hydroxyl groups excluding tert-OH is 3. The fraction of sp³-hybridized carbons (Fsp3) is 0.783. The van der Waals surface area contributed by atoms with Crippen LogP contribution < -0.4 is 20.7 Å². The average molecular weight is 947 g/mol. The summed E-state index contributed by atoms with van der Waals surface area (Å²) in [7, 11) is -0.191. The van der Waals surface area contributed by atoms with Gasteiger partial charge in [0.1, 0.15) is 30.7 Å². The van der Waals surface area contributed by atoms with Gasteiger partial charge in [-0.15, -0.1) is 0 Å². The molecular weight excluding hydrogens is 865 g/mol. The molecule has 1 aromatic rings. The van der Waals surface area contributed by atoms with Crippen molar-refractivity contribution < 1.29 is 71.3 Å². The highest BCUT2D eigenvalue weighted by atomic mass is 32.2. The van der Waals surface area contributed by atoms with Crippen LogP contribution in [-0.2, 0) is 45.4 Å². The Kier molecular flexibility index (Phi) is 23.0. The lowest BCUT2D eigenvalue weighted by atomic mass is 9.76. The number of carboxylic acids is 1. The number of hydrogen-bond acceptors (Lipinski definition) is 14. The van der Waals surface area contributed by atoms with Crippen LogP contribution in [0.5, 0.6) is 5.75 Å². The van der Waals surface area contributed by atoms with Gasteiger partial charge in [0.05, 0.1) is 55.0 Å². The van der Waals surface area contributed by atoms with Crippen molar-refractivity contribution in [2.45, 2.75) is 164 Å². The van der Waals surface area contributed by atoms with Crippen LogP contribution in [0.3, 0.4) is 0 Å². The summed E-state index contributed by atoms with van der Waals surface area (Å²) in [5.41, 5.74) is 0.0186. The Morgan fingerprint density at radius 2 is 1.48 bits per heavy atom. The lowest BCUT2D eigenvalue weighted by molar-refractivity contribution is -0.889. The first-order chi connectivity index (χ1) is 29.4. The van der Waals surface area contributed by atoms with Crippen molar-refractivity contribution in [3.8, 4) is 5.75 Å². The van der Waals surface area contributed by atoms with Crippen LogP contribution in [0.2, 0.25) is 0 Å². The molecule has 2 rings (SSSR count). The fourth-order valence-electron chi connectivity index (χ4n) is 6.62. The molecule has 1 aliphatic rings. The second kappa shape index (κ2) is 25.1. The number of aliphatic carboxylic acids is 1. The first-order valence-corrected chi connectivity index (χ1v) is 24.0. The zero-order valence-corrected chi connectivity index (χ0v) is 42.2. The van der Waals surface area contributed by atoms with Crippen molar-refractivity contribution in [2.24, 2.45) is 22.2 Å². The molecule has 2 amide bonds. The first kappa shape index (κ1) is 59.6. The lowest BCUT2D eigenvalue weighted by Crippen LogP contribution is -2.61. The van der Waals surface area contributed by atoms with Gasteiger partial charge < -0.3 is 59.6 Å². The third-order valence-corrected chi connectivity index (χ3v) is 11.4. The van der Waals surface area contributed by atoms with Gasteiger partial charge in [-0.25, -0.2) is 13.2 Å². The van der Waals surface area contributed by atoms with E-state index in [0.717, 1.165) is 25.7 Å². The Balaban J connectivity index is 0.000000678. The molecule has 1 saturated heterocycles. The number of nitrogens with one attached hydrogen (secondary N) is 3. The van der Waals surface area contributed by atoms with Crippen molar-refractivity contribution >= 4 is 39.6 Å². The van der Waals surface area contributed by atoms with Crippen LogP contribution in [0, 0.1) is 22.2 Å². The van der Waals surface area contributed by atoms with Gasteiger partial charge >= 0.3 is 11.9 Å². The van der Waals surface area contributed by atoms with E-state index in [9.17, 15) is 52.6 Å². The summed E-state index contributed by atoms with van der Waals surface area (Å²) in [5, 5.41) is 48.5. The van der Waals surface area contributed by atoms with Crippen molar-refractivity contribution in [3.63, 3.8) is 0 Å². The zero-order chi connectivity index (χ0) is 50.4. The topological polar surface area (TPSA) is 270 Å². The highest BCUT2D eigenvalue weighted by molar-refractivity contribution is 7.85. The van der Waals surface area contributed by atoms with Gasteiger partial charge in [-0.3, -0.25) is 14.4 Å². The predicted octanol–water partition coefficient (Wildman–Crippen LogP) is 4.15. The van der Waals surface area contributed by atoms with Gasteiger partial charge in [-0.05, 0) is 82.9 Å². The second-order valence-corrected chi connectivity index (χ2v) is 23.5. The van der Waals surface area contributed by atoms with E-state index in [-0.39, 0.29) is 58.9 Å². The van der Waals surface area contributed by atoms with E-state index in [1.54, 1.807) is 26.8 Å². The van der Waals surface area contributed by atoms with Crippen LogP contribution in [0.15, 0.2) is 18.2 Å². The minimum atomic E-state index is -4.16. The van der Waals surface area contributed by atoms with Gasteiger partial charge in [-0.2, -0.15) is 0 Å². The normalized spacial score (nSPS) is 20.2. The first-order valence-electron chi connectivity index (χ1n) is 22.4. The van der Waals surface area contributed by atoms with E-state index in [1.807, 2.05) is 34.9 Å². The summed E-state index contributed by atoms with van der Waals surface area (Å²) in [6.07, 6.45) is -4.31. The number of aliphatic hydroxyl groups is 3. The molecule has 0 radical (unpaired) electrons. The molecule has 7 N–H and O–H groups in total. The average Bonchev–Trinajstić information content (AvgIpc) is 3.12. The summed E-state index contributed by atoms with van der Waals surface area (Å²) in [6, 6.07) is 4.49. The second-order valence-electron chi connectivity index (χ2n) is 22.0. The number of likely N-dealkylation sites (N-methyl/N-ethyl adjacent to an activating group) is 1. The summed E-state index contributed by atoms with van der Waals surface area (Å²) in [5.74, 6) is -2.59. The Morgan fingerprint density at radius 1 is 0.862 bits per heavy atom. The van der Waals surface area contributed by atoms with Crippen LogP contribution in [-0.4, -0.2) is 144 Å². The molecule has 1 aliphatic heterocycles. The van der Waals surface area contributed by atoms with Crippen LogP contribution in [0.25, 0.3) is 0 Å². The van der Waals surface area contributed by atoms with Gasteiger partial charge in [0.25, 0.3) is 0 Å². The SMILES string of the molecule is CC(C)(C)CCCC[C@@H](C(=O)NCC[N+](C)(C)CCCS(=O)(=O)[O-])C(C)(C)C.CC(C)(C)NCCC(=O)Nc1cc(COC(=O)C(C)(C)C)ccc1O[C@@H]1O[C@H](C(=O)O)[C@@H](O)[C@H](O)[C@H]1O. The quantitative estimate of drug-likeness (QED) is 0.0395. The number of anilines is 1. The Bertz CT molecular complexity index is 1800. The molecule has 0 aliphatic carbocycles. The highest BCUT2D eigenvalue weighted by Crippen LogP contribution is 2.33. The molecule has 1 heterocycles. The smallest absolute Gasteiger partial charge is 0.335 e. The number of carboxylic acid groups (broad SMARTS) is 1. The molecule has 0 bridgehead atoms. The number of quaternary nitrogens is 1. The number of esters is 1. The van der Waals surface area contributed by atoms with Gasteiger partial charge in [0.2, 0.25) is 18.1 Å². The minimum Gasteiger partial charge on any atom is -0.748 e. The highest BCUT2D eigenvalue weighted by Gasteiger charge is 2.48.